The Morgan fingerprint density at radius 3 is 2.58 bits per heavy atom. The number of piperidine rings is 1. The highest BCUT2D eigenvalue weighted by Gasteiger charge is 2.49. The van der Waals surface area contributed by atoms with Gasteiger partial charge in [-0.1, -0.05) is 6.07 Å². The number of ether oxygens (including phenoxy) is 1. The maximum Gasteiger partial charge on any atom is 0.416 e. The summed E-state index contributed by atoms with van der Waals surface area (Å²) in [4.78, 5) is 25.3. The molecule has 0 spiro atoms. The molecule has 1 saturated heterocycles. The lowest BCUT2D eigenvalue weighted by molar-refractivity contribution is -0.145. The minimum absolute atomic E-state index is 0.0332. The third kappa shape index (κ3) is 4.00. The lowest BCUT2D eigenvalue weighted by atomic mass is 9.68. The molecule has 1 unspecified atom stereocenters. The van der Waals surface area contributed by atoms with E-state index in [0.717, 1.165) is 17.7 Å². The number of hydrogen-bond acceptors (Lipinski definition) is 4. The fourth-order valence-corrected chi connectivity index (χ4v) is 5.31. The minimum atomic E-state index is -4.40. The fourth-order valence-electron chi connectivity index (χ4n) is 5.31. The van der Waals surface area contributed by atoms with Crippen LogP contribution in [0, 0.1) is 11.8 Å². The molecule has 2 amide bonds. The van der Waals surface area contributed by atoms with Crippen LogP contribution in [0.5, 0.6) is 5.75 Å². The van der Waals surface area contributed by atoms with Gasteiger partial charge in [0, 0.05) is 31.3 Å². The number of benzene rings is 1. The van der Waals surface area contributed by atoms with Gasteiger partial charge in [0.05, 0.1) is 17.7 Å². The molecule has 2 N–H and O–H groups in total. The van der Waals surface area contributed by atoms with E-state index in [4.69, 9.17) is 4.74 Å². The second kappa shape index (κ2) is 7.69. The van der Waals surface area contributed by atoms with Gasteiger partial charge in [-0.15, -0.1) is 0 Å². The summed E-state index contributed by atoms with van der Waals surface area (Å²) >= 11 is 0. The van der Waals surface area contributed by atoms with Crippen LogP contribution < -0.4 is 10.1 Å². The van der Waals surface area contributed by atoms with Gasteiger partial charge >= 0.3 is 6.18 Å². The summed E-state index contributed by atoms with van der Waals surface area (Å²) in [6, 6.07) is 3.68. The number of carbonyl (C=O) groups excluding carboxylic acids is 2. The van der Waals surface area contributed by atoms with Crippen LogP contribution in [0.2, 0.25) is 0 Å². The Morgan fingerprint density at radius 2 is 2.00 bits per heavy atom. The van der Waals surface area contributed by atoms with Crippen molar-refractivity contribution in [3.05, 3.63) is 29.3 Å². The first-order chi connectivity index (χ1) is 14.6. The number of likely N-dealkylation sites (tertiary alicyclic amines) is 1. The molecule has 0 bridgehead atoms. The zero-order valence-corrected chi connectivity index (χ0v) is 17.4. The van der Waals surface area contributed by atoms with E-state index in [1.807, 2.05) is 11.8 Å². The highest BCUT2D eigenvalue weighted by molar-refractivity contribution is 5.80. The van der Waals surface area contributed by atoms with E-state index in [1.54, 1.807) is 0 Å². The molecule has 2 heterocycles. The summed E-state index contributed by atoms with van der Waals surface area (Å²) in [6.07, 6.45) is -1.01. The van der Waals surface area contributed by atoms with Gasteiger partial charge in [-0.2, -0.15) is 13.2 Å². The van der Waals surface area contributed by atoms with Crippen LogP contribution in [0.4, 0.5) is 13.2 Å². The van der Waals surface area contributed by atoms with Gasteiger partial charge in [0.1, 0.15) is 11.4 Å². The van der Waals surface area contributed by atoms with Crippen LogP contribution in [0.25, 0.3) is 0 Å². The summed E-state index contributed by atoms with van der Waals surface area (Å²) in [5.41, 5.74) is -1.20. The molecule has 1 aliphatic carbocycles. The second-order valence-electron chi connectivity index (χ2n) is 9.32. The third-order valence-electron chi connectivity index (χ3n) is 7.24. The molecule has 31 heavy (non-hydrogen) atoms. The lowest BCUT2D eigenvalue weighted by Crippen LogP contribution is -2.61. The predicted molar refractivity (Wildman–Crippen MR) is 105 cm³/mol. The number of fused-ring (bicyclic) bond motifs is 1. The first-order valence-electron chi connectivity index (χ1n) is 10.6. The molecular formula is C22H27F3N2O4. The monoisotopic (exact) mass is 440 g/mol. The van der Waals surface area contributed by atoms with Crippen LogP contribution in [-0.4, -0.2) is 53.2 Å². The molecule has 170 valence electrons. The van der Waals surface area contributed by atoms with Gasteiger partial charge < -0.3 is 20.1 Å². The van der Waals surface area contributed by atoms with Crippen molar-refractivity contribution < 1.29 is 32.6 Å². The molecular weight excluding hydrogens is 413 g/mol. The van der Waals surface area contributed by atoms with Gasteiger partial charge in [0.2, 0.25) is 12.3 Å². The Kier molecular flexibility index (Phi) is 5.44. The van der Waals surface area contributed by atoms with Crippen molar-refractivity contribution in [3.8, 4) is 5.75 Å². The number of hydrogen-bond donors (Lipinski definition) is 2. The molecule has 9 heteroatoms. The summed E-state index contributed by atoms with van der Waals surface area (Å²) in [5, 5.41) is 12.1. The molecule has 1 atom stereocenters. The standard InChI is InChI=1S/C22H27F3N2O4/c1-20(9-14-2-3-17(22(23,24)25)8-18(14)31-20)16-4-6-27(7-5-16)19(30)15-10-21(11-15,12-28)26-13-29/h2-3,8,13,15-16,28H,4-7,9-12H2,1H3,(H,26,29). The normalized spacial score (nSPS) is 30.9. The molecule has 1 aromatic rings. The van der Waals surface area contributed by atoms with Gasteiger partial charge in [-0.3, -0.25) is 9.59 Å². The molecule has 4 rings (SSSR count). The van der Waals surface area contributed by atoms with Crippen molar-refractivity contribution in [1.29, 1.82) is 0 Å². The first kappa shape index (κ1) is 21.9. The number of rotatable bonds is 5. The minimum Gasteiger partial charge on any atom is -0.487 e. The van der Waals surface area contributed by atoms with Crippen molar-refractivity contribution >= 4 is 12.3 Å². The summed E-state index contributed by atoms with van der Waals surface area (Å²) in [5.74, 6) is 0.256. The molecule has 3 aliphatic rings. The SMILES string of the molecule is CC1(C2CCN(C(=O)C3CC(CO)(NC=O)C3)CC2)Cc2ccc(C(F)(F)F)cc2O1. The summed E-state index contributed by atoms with van der Waals surface area (Å²) in [6.45, 7) is 2.88. The number of nitrogens with one attached hydrogen (secondary N) is 1. The predicted octanol–water partition coefficient (Wildman–Crippen LogP) is 2.52. The lowest BCUT2D eigenvalue weighted by Gasteiger charge is -2.48. The van der Waals surface area contributed by atoms with Crippen molar-refractivity contribution in [2.45, 2.75) is 56.3 Å². The van der Waals surface area contributed by atoms with E-state index in [9.17, 15) is 27.9 Å². The fraction of sp³-hybridized carbons (Fsp3) is 0.636. The summed E-state index contributed by atoms with van der Waals surface area (Å²) in [7, 11) is 0. The maximum atomic E-state index is 13.0. The van der Waals surface area contributed by atoms with Crippen LogP contribution in [-0.2, 0) is 22.2 Å². The Hall–Kier alpha value is -2.29. The van der Waals surface area contributed by atoms with E-state index < -0.39 is 22.9 Å². The highest BCUT2D eigenvalue weighted by atomic mass is 19.4. The zero-order valence-electron chi connectivity index (χ0n) is 17.4. The average molecular weight is 440 g/mol. The van der Waals surface area contributed by atoms with E-state index >= 15 is 0 Å². The van der Waals surface area contributed by atoms with E-state index in [1.165, 1.54) is 6.07 Å². The van der Waals surface area contributed by atoms with Gasteiger partial charge in [0.25, 0.3) is 0 Å². The summed E-state index contributed by atoms with van der Waals surface area (Å²) < 4.78 is 45.1. The Bertz CT molecular complexity index is 861. The second-order valence-corrected chi connectivity index (χ2v) is 9.32. The molecule has 2 aliphatic heterocycles. The third-order valence-corrected chi connectivity index (χ3v) is 7.24. The Balaban J connectivity index is 1.34. The largest absolute Gasteiger partial charge is 0.487 e. The zero-order chi connectivity index (χ0) is 22.4. The molecule has 1 saturated carbocycles. The average Bonchev–Trinajstić information content (AvgIpc) is 3.06. The molecule has 1 aromatic carbocycles. The van der Waals surface area contributed by atoms with Crippen molar-refractivity contribution in [3.63, 3.8) is 0 Å². The van der Waals surface area contributed by atoms with E-state index in [2.05, 4.69) is 5.32 Å². The Labute approximate surface area is 178 Å². The van der Waals surface area contributed by atoms with Gasteiger partial charge in [0.15, 0.2) is 0 Å². The molecule has 0 aromatic heterocycles. The number of alkyl halides is 3. The smallest absolute Gasteiger partial charge is 0.416 e. The highest BCUT2D eigenvalue weighted by Crippen LogP contribution is 2.45. The number of halogens is 3. The van der Waals surface area contributed by atoms with Crippen LogP contribution >= 0.6 is 0 Å². The number of aliphatic hydroxyl groups excluding tert-OH is 1. The number of nitrogens with zero attached hydrogens (tertiary/aromatic N) is 1. The molecule has 6 nitrogen and oxygen atoms in total. The van der Waals surface area contributed by atoms with Crippen molar-refractivity contribution in [2.24, 2.45) is 11.8 Å². The maximum absolute atomic E-state index is 13.0. The number of carbonyl (C=O) groups is 2. The van der Waals surface area contributed by atoms with Crippen LogP contribution in [0.15, 0.2) is 18.2 Å². The number of aliphatic hydroxyl groups is 1. The van der Waals surface area contributed by atoms with Gasteiger partial charge in [-0.25, -0.2) is 0 Å². The molecule has 0 radical (unpaired) electrons. The van der Waals surface area contributed by atoms with E-state index in [0.29, 0.717) is 57.4 Å². The van der Waals surface area contributed by atoms with Crippen LogP contribution in [0.1, 0.15) is 43.7 Å². The van der Waals surface area contributed by atoms with Gasteiger partial charge in [-0.05, 0) is 50.3 Å². The van der Waals surface area contributed by atoms with Crippen molar-refractivity contribution in [2.75, 3.05) is 19.7 Å². The van der Waals surface area contributed by atoms with Crippen molar-refractivity contribution in [1.82, 2.24) is 10.2 Å². The number of amides is 2. The van der Waals surface area contributed by atoms with Crippen LogP contribution in [0.3, 0.4) is 0 Å². The molecule has 2 fully saturated rings. The quantitative estimate of drug-likeness (QED) is 0.690. The van der Waals surface area contributed by atoms with E-state index in [-0.39, 0.29) is 24.3 Å². The topological polar surface area (TPSA) is 78.9 Å². The Morgan fingerprint density at radius 1 is 1.32 bits per heavy atom. The first-order valence-corrected chi connectivity index (χ1v) is 10.6.